The molecule has 0 amide bonds. The summed E-state index contributed by atoms with van der Waals surface area (Å²) in [6, 6.07) is 6.25. The van der Waals surface area contributed by atoms with Gasteiger partial charge in [0.15, 0.2) is 0 Å². The Kier molecular flexibility index (Phi) is 3.06. The molecule has 0 radical (unpaired) electrons. The average molecular weight is 324 g/mol. The van der Waals surface area contributed by atoms with Crippen LogP contribution in [0.25, 0.3) is 10.9 Å². The number of carboxylic acid groups (broad SMARTS) is 1. The lowest BCUT2D eigenvalue weighted by atomic mass is 9.99. The van der Waals surface area contributed by atoms with E-state index in [4.69, 9.17) is 5.11 Å². The van der Waals surface area contributed by atoms with Gasteiger partial charge in [-0.15, -0.1) is 0 Å². The molecule has 2 N–H and O–H groups in total. The van der Waals surface area contributed by atoms with Gasteiger partial charge in [0.25, 0.3) is 0 Å². The van der Waals surface area contributed by atoms with Crippen molar-refractivity contribution in [1.82, 2.24) is 15.1 Å². The molecule has 2 unspecified atom stereocenters. The first kappa shape index (κ1) is 12.6. The molecule has 1 aromatic heterocycles. The first-order valence-electron chi connectivity index (χ1n) is 6.14. The fourth-order valence-corrected chi connectivity index (χ4v) is 3.20. The van der Waals surface area contributed by atoms with Gasteiger partial charge in [-0.3, -0.25) is 9.48 Å². The van der Waals surface area contributed by atoms with Gasteiger partial charge in [0.1, 0.15) is 4.60 Å². The van der Waals surface area contributed by atoms with E-state index in [2.05, 4.69) is 32.4 Å². The van der Waals surface area contributed by atoms with Crippen molar-refractivity contribution in [1.29, 1.82) is 0 Å². The fraction of sp³-hybridized carbons (Fsp3) is 0.385. The average Bonchev–Trinajstić information content (AvgIpc) is 2.96. The number of benzene rings is 1. The number of aryl methyl sites for hydroxylation is 1. The van der Waals surface area contributed by atoms with Crippen LogP contribution in [0.15, 0.2) is 22.8 Å². The molecule has 0 saturated carbocycles. The second kappa shape index (κ2) is 4.61. The third kappa shape index (κ3) is 2.15. The summed E-state index contributed by atoms with van der Waals surface area (Å²) in [6.45, 7) is 0.535. The number of carboxylic acids is 1. The summed E-state index contributed by atoms with van der Waals surface area (Å²) in [7, 11) is 1.90. The van der Waals surface area contributed by atoms with Gasteiger partial charge in [0.05, 0.1) is 11.4 Å². The highest BCUT2D eigenvalue weighted by Crippen LogP contribution is 2.31. The normalized spacial score (nSPS) is 23.1. The van der Waals surface area contributed by atoms with Gasteiger partial charge in [0, 0.05) is 25.0 Å². The smallest absolute Gasteiger partial charge is 0.307 e. The van der Waals surface area contributed by atoms with E-state index in [1.807, 2.05) is 23.9 Å². The molecular weight excluding hydrogens is 310 g/mol. The third-order valence-electron chi connectivity index (χ3n) is 3.71. The van der Waals surface area contributed by atoms with E-state index in [9.17, 15) is 4.79 Å². The van der Waals surface area contributed by atoms with Crippen LogP contribution in [-0.2, 0) is 11.8 Å². The number of aliphatic carboxylic acids is 1. The number of nitrogens with one attached hydrogen (secondary N) is 1. The van der Waals surface area contributed by atoms with Crippen LogP contribution >= 0.6 is 15.9 Å². The zero-order valence-corrected chi connectivity index (χ0v) is 12.0. The van der Waals surface area contributed by atoms with Crippen LogP contribution in [0.4, 0.5) is 0 Å². The summed E-state index contributed by atoms with van der Waals surface area (Å²) in [6.07, 6.45) is 0.639. The molecule has 1 saturated heterocycles. The van der Waals surface area contributed by atoms with E-state index in [1.54, 1.807) is 0 Å². The Hall–Kier alpha value is -1.40. The van der Waals surface area contributed by atoms with E-state index in [-0.39, 0.29) is 12.0 Å². The molecule has 2 aromatic rings. The van der Waals surface area contributed by atoms with Crippen molar-refractivity contribution in [2.75, 3.05) is 6.54 Å². The number of hydrogen-bond donors (Lipinski definition) is 2. The molecule has 2 atom stereocenters. The standard InChI is InChI=1S/C13H14BrN3O2/c1-17-11-5-7(2-3-9(11)12(14)16-17)10-4-8(6-15-10)13(18)19/h2-3,5,8,10,15H,4,6H2,1H3,(H,18,19). The monoisotopic (exact) mass is 323 g/mol. The first-order valence-corrected chi connectivity index (χ1v) is 6.94. The van der Waals surface area contributed by atoms with Crippen molar-refractivity contribution in [2.24, 2.45) is 13.0 Å². The van der Waals surface area contributed by atoms with Crippen LogP contribution in [0.2, 0.25) is 0 Å². The van der Waals surface area contributed by atoms with E-state index >= 15 is 0 Å². The quantitative estimate of drug-likeness (QED) is 0.887. The second-order valence-electron chi connectivity index (χ2n) is 4.92. The number of rotatable bonds is 2. The Labute approximate surface area is 118 Å². The fourth-order valence-electron chi connectivity index (χ4n) is 2.62. The zero-order valence-electron chi connectivity index (χ0n) is 10.4. The summed E-state index contributed by atoms with van der Waals surface area (Å²) >= 11 is 3.43. The van der Waals surface area contributed by atoms with Crippen LogP contribution in [0.1, 0.15) is 18.0 Å². The number of halogens is 1. The predicted molar refractivity (Wildman–Crippen MR) is 74.9 cm³/mol. The molecule has 19 heavy (non-hydrogen) atoms. The molecule has 0 bridgehead atoms. The Morgan fingerprint density at radius 1 is 1.58 bits per heavy atom. The minimum atomic E-state index is -0.723. The Morgan fingerprint density at radius 2 is 2.37 bits per heavy atom. The molecule has 1 aliphatic rings. The van der Waals surface area contributed by atoms with Crippen LogP contribution < -0.4 is 5.32 Å². The molecule has 5 nitrogen and oxygen atoms in total. The minimum Gasteiger partial charge on any atom is -0.481 e. The van der Waals surface area contributed by atoms with Gasteiger partial charge < -0.3 is 10.4 Å². The summed E-state index contributed by atoms with van der Waals surface area (Å²) < 4.78 is 2.66. The van der Waals surface area contributed by atoms with Gasteiger partial charge in [-0.25, -0.2) is 0 Å². The highest BCUT2D eigenvalue weighted by Gasteiger charge is 2.30. The maximum atomic E-state index is 11.0. The minimum absolute atomic E-state index is 0.110. The van der Waals surface area contributed by atoms with E-state index in [0.29, 0.717) is 13.0 Å². The molecule has 0 aliphatic carbocycles. The zero-order chi connectivity index (χ0) is 13.6. The Balaban J connectivity index is 1.94. The van der Waals surface area contributed by atoms with Gasteiger partial charge >= 0.3 is 5.97 Å². The molecule has 1 fully saturated rings. The predicted octanol–water partition coefficient (Wildman–Crippen LogP) is 2.07. The molecule has 1 aromatic carbocycles. The van der Waals surface area contributed by atoms with Crippen LogP contribution in [0.3, 0.4) is 0 Å². The summed E-state index contributed by atoms with van der Waals surface area (Å²) in [4.78, 5) is 11.0. The van der Waals surface area contributed by atoms with Gasteiger partial charge in [-0.1, -0.05) is 6.07 Å². The maximum Gasteiger partial charge on any atom is 0.307 e. The lowest BCUT2D eigenvalue weighted by Crippen LogP contribution is -2.17. The molecular formula is C13H14BrN3O2. The van der Waals surface area contributed by atoms with Gasteiger partial charge in [-0.05, 0) is 40.0 Å². The second-order valence-corrected chi connectivity index (χ2v) is 5.67. The molecule has 1 aliphatic heterocycles. The SMILES string of the molecule is Cn1nc(Br)c2ccc(C3CC(C(=O)O)CN3)cc21. The summed E-state index contributed by atoms with van der Waals surface area (Å²) in [5, 5.41) is 17.7. The first-order chi connectivity index (χ1) is 9.06. The molecule has 3 rings (SSSR count). The highest BCUT2D eigenvalue weighted by atomic mass is 79.9. The third-order valence-corrected chi connectivity index (χ3v) is 4.30. The number of carbonyl (C=O) groups is 1. The Morgan fingerprint density at radius 3 is 3.05 bits per heavy atom. The largest absolute Gasteiger partial charge is 0.481 e. The molecule has 6 heteroatoms. The van der Waals surface area contributed by atoms with Crippen molar-refractivity contribution < 1.29 is 9.90 Å². The number of nitrogens with zero attached hydrogens (tertiary/aromatic N) is 2. The van der Waals surface area contributed by atoms with Crippen LogP contribution in [0.5, 0.6) is 0 Å². The molecule has 100 valence electrons. The number of hydrogen-bond acceptors (Lipinski definition) is 3. The van der Waals surface area contributed by atoms with Crippen molar-refractivity contribution in [3.05, 3.63) is 28.4 Å². The van der Waals surface area contributed by atoms with Crippen LogP contribution in [0, 0.1) is 5.92 Å². The molecule has 2 heterocycles. The summed E-state index contributed by atoms with van der Waals surface area (Å²) in [5.41, 5.74) is 2.16. The van der Waals surface area contributed by atoms with Crippen LogP contribution in [-0.4, -0.2) is 27.4 Å². The maximum absolute atomic E-state index is 11.0. The van der Waals surface area contributed by atoms with E-state index in [0.717, 1.165) is 21.1 Å². The molecule has 0 spiro atoms. The Bertz CT molecular complexity index is 653. The topological polar surface area (TPSA) is 67.2 Å². The van der Waals surface area contributed by atoms with E-state index in [1.165, 1.54) is 0 Å². The van der Waals surface area contributed by atoms with Crippen molar-refractivity contribution >= 4 is 32.8 Å². The highest BCUT2D eigenvalue weighted by molar-refractivity contribution is 9.10. The lowest BCUT2D eigenvalue weighted by molar-refractivity contribution is -0.141. The van der Waals surface area contributed by atoms with Crippen molar-refractivity contribution in [3.8, 4) is 0 Å². The lowest BCUT2D eigenvalue weighted by Gasteiger charge is -2.10. The van der Waals surface area contributed by atoms with E-state index < -0.39 is 5.97 Å². The summed E-state index contributed by atoms with van der Waals surface area (Å²) in [5.74, 6) is -1.02. The van der Waals surface area contributed by atoms with Gasteiger partial charge in [-0.2, -0.15) is 5.10 Å². The van der Waals surface area contributed by atoms with Gasteiger partial charge in [0.2, 0.25) is 0 Å². The van der Waals surface area contributed by atoms with Crippen molar-refractivity contribution in [3.63, 3.8) is 0 Å². The number of aromatic nitrogens is 2. The number of fused-ring (bicyclic) bond motifs is 1. The van der Waals surface area contributed by atoms with Crippen molar-refractivity contribution in [2.45, 2.75) is 12.5 Å².